The van der Waals surface area contributed by atoms with Crippen LogP contribution in [-0.4, -0.2) is 85.5 Å². The number of carbonyl (C=O) groups excluding carboxylic acids is 2. The molecule has 11 heterocycles. The summed E-state index contributed by atoms with van der Waals surface area (Å²) in [5.74, 6) is 1.80. The van der Waals surface area contributed by atoms with Crippen LogP contribution >= 0.6 is 0 Å². The van der Waals surface area contributed by atoms with Gasteiger partial charge in [-0.3, -0.25) is 9.59 Å². The monoisotopic (exact) mass is 1370 g/mol. The van der Waals surface area contributed by atoms with Gasteiger partial charge >= 0.3 is 31.4 Å². The molecule has 0 saturated carbocycles. The number of hydrogen-bond donors (Lipinski definition) is 2. The number of methoxy groups -OCH3 is 2. The summed E-state index contributed by atoms with van der Waals surface area (Å²) in [6, 6.07) is 37.8. The second-order valence-corrected chi connectivity index (χ2v) is 29.1. The molecule has 99 heavy (non-hydrogen) atoms. The molecule has 0 radical (unpaired) electrons. The minimum Gasteiger partial charge on any atom is -0.469 e. The summed E-state index contributed by atoms with van der Waals surface area (Å²) in [7, 11) is 4.72. The van der Waals surface area contributed by atoms with E-state index in [4.69, 9.17) is 64.3 Å². The van der Waals surface area contributed by atoms with E-state index in [-0.39, 0.29) is 51.7 Å². The summed E-state index contributed by atoms with van der Waals surface area (Å²) in [5.41, 5.74) is 16.0. The van der Waals surface area contributed by atoms with Gasteiger partial charge in [0.1, 0.15) is 5.82 Å². The van der Waals surface area contributed by atoms with Gasteiger partial charge in [-0.25, -0.2) is 24.9 Å². The topological polar surface area (TPSA) is 233 Å². The van der Waals surface area contributed by atoms with Crippen LogP contribution in [0, 0.1) is 16.2 Å². The molecule has 11 aromatic rings. The zero-order valence-corrected chi connectivity index (χ0v) is 61.4. The minimum atomic E-state index is -0.348. The van der Waals surface area contributed by atoms with Crippen LogP contribution in [0.5, 0.6) is 0 Å². The van der Waals surface area contributed by atoms with Gasteiger partial charge in [-0.15, -0.1) is 0 Å². The predicted molar refractivity (Wildman–Crippen MR) is 397 cm³/mol. The molecular weight excluding hydrogens is 1290 g/mol. The number of H-pyrrole nitrogens is 2. The van der Waals surface area contributed by atoms with E-state index in [1.54, 1.807) is 6.20 Å². The molecule has 19 heteroatoms. The number of aryl methyl sites for hydroxylation is 3. The average molecular weight is 1370 g/mol. The molecule has 0 unspecified atom stereocenters. The summed E-state index contributed by atoms with van der Waals surface area (Å²) in [5, 5.41) is 3.08. The zero-order chi connectivity index (χ0) is 68.7. The molecule has 2 N–H and O–H groups in total. The number of benzene rings is 4. The molecular formula is C80H84N14O4Zn. The van der Waals surface area contributed by atoms with E-state index in [0.717, 1.165) is 88.3 Å². The predicted octanol–water partition coefficient (Wildman–Crippen LogP) is 18.2. The molecule has 0 spiro atoms. The third-order valence-electron chi connectivity index (χ3n) is 15.3. The van der Waals surface area contributed by atoms with Crippen LogP contribution in [0.15, 0.2) is 128 Å². The first-order valence-electron chi connectivity index (χ1n) is 32.6. The number of carbonyl (C=O) groups is 2. The Balaban J connectivity index is 0.000000567. The largest absolute Gasteiger partial charge is 2.00 e. The van der Waals surface area contributed by atoms with E-state index >= 15 is 0 Å². The van der Waals surface area contributed by atoms with Crippen molar-refractivity contribution in [2.24, 2.45) is 23.3 Å². The van der Waals surface area contributed by atoms with Crippen molar-refractivity contribution in [1.29, 1.82) is 0 Å². The second-order valence-electron chi connectivity index (χ2n) is 29.1. The van der Waals surface area contributed by atoms with Gasteiger partial charge in [-0.05, 0) is 111 Å². The Hall–Kier alpha value is -10.4. The molecule has 0 amide bonds. The number of fused-ring (bicyclic) bond motifs is 28. The van der Waals surface area contributed by atoms with Crippen LogP contribution < -0.4 is 9.97 Å². The maximum atomic E-state index is 12.9. The molecule has 4 aliphatic rings. The van der Waals surface area contributed by atoms with Gasteiger partial charge in [-0.2, -0.15) is 0 Å². The standard InChI is InChI=1S/C64H44N14O4.3C5H12.CH4.Zn/c1-78-31-30-65-64(78)55-50-26-22-46(68-50)41(18-28-52(79)81-2)44-20-24-48(66-44)54(49-25-21-45(67-49)42(19-29-53(80)82-3)47-23-27-51(55)69-47)33-16-17-40-43(32-33)63-76-61-39-15-9-8-14-38(39)59(74-61)72-57-35-11-5-4-10-34(35)56(70-57)71-58-36-12-6-7-13-37(36)60(73-58)75-62(40)77-63;3*1-5(2,3)4;;/h4-17,20-27,30-32H,18-19,28-29H2,1-3H3,(H2-2,65,66,67,68,69,70,71,72,73,74,75,76,77);3*1-4H3;1H4;/q-2;;;;;+2. The Kier molecular flexibility index (Phi) is 20.9. The Morgan fingerprint density at radius 3 is 1.19 bits per heavy atom. The van der Waals surface area contributed by atoms with Crippen LogP contribution in [0.2, 0.25) is 0 Å². The quantitative estimate of drug-likeness (QED) is 0.106. The van der Waals surface area contributed by atoms with Crippen LogP contribution in [0.25, 0.3) is 159 Å². The molecule has 16 bridgehead atoms. The second kappa shape index (κ2) is 29.0. The van der Waals surface area contributed by atoms with Crippen molar-refractivity contribution in [1.82, 2.24) is 69.4 Å². The van der Waals surface area contributed by atoms with Crippen molar-refractivity contribution < 1.29 is 38.5 Å². The Bertz CT molecular complexity index is 5260. The Labute approximate surface area is 590 Å². The van der Waals surface area contributed by atoms with Crippen molar-refractivity contribution in [2.45, 2.75) is 116 Å². The smallest absolute Gasteiger partial charge is 0.469 e. The van der Waals surface area contributed by atoms with Gasteiger partial charge in [0.05, 0.1) is 71.4 Å². The summed E-state index contributed by atoms with van der Waals surface area (Å²) in [6.07, 6.45) is 12.4. The van der Waals surface area contributed by atoms with E-state index in [9.17, 15) is 9.59 Å². The normalized spacial score (nSPS) is 12.0. The van der Waals surface area contributed by atoms with Crippen molar-refractivity contribution >= 4 is 102 Å². The molecule has 0 saturated heterocycles. The fourth-order valence-electron chi connectivity index (χ4n) is 11.3. The molecule has 500 valence electrons. The number of nitrogens with one attached hydrogen (secondary N) is 2. The number of rotatable bonds is 8. The fraction of sp³-hybridized carbons (Fsp3) is 0.287. The summed E-state index contributed by atoms with van der Waals surface area (Å²) >= 11 is 0. The van der Waals surface area contributed by atoms with Crippen LogP contribution in [-0.2, 0) is 58.4 Å². The number of esters is 2. The van der Waals surface area contributed by atoms with E-state index in [1.165, 1.54) is 14.2 Å². The first-order chi connectivity index (χ1) is 46.2. The SMILES string of the molecule is C.CC(C)(C)C.CC(C)(C)C.CC(C)(C)C.COC(=O)CCc1c2nc(c(-c3nccn3C)c3ccc([nH]3)c(CCC(=O)OC)c3nc(c(-c4ccc5c6nc7nc(nc8[n-]c(nc9nc(nc([n-]6)c5c4)-c4ccccc4-9)c4ccccc84)-c4ccccc4-7)c4ccc1[nH]4)C=C3)C=C2.[Zn+2]. The number of nitrogens with zero attached hydrogens (tertiary/aromatic N) is 12. The number of aromatic amines is 2. The van der Waals surface area contributed by atoms with Crippen LogP contribution in [0.3, 0.4) is 0 Å². The van der Waals surface area contributed by atoms with Gasteiger partial charge < -0.3 is 53.9 Å². The maximum absolute atomic E-state index is 12.9. The van der Waals surface area contributed by atoms with E-state index in [0.29, 0.717) is 109 Å². The molecule has 4 aliphatic heterocycles. The van der Waals surface area contributed by atoms with Gasteiger partial charge in [0, 0.05) is 110 Å². The van der Waals surface area contributed by atoms with E-state index in [1.807, 2.05) is 151 Å². The number of imidazole rings is 1. The molecule has 15 rings (SSSR count). The summed E-state index contributed by atoms with van der Waals surface area (Å²) < 4.78 is 12.3. The fourth-order valence-corrected chi connectivity index (χ4v) is 11.3. The summed E-state index contributed by atoms with van der Waals surface area (Å²) in [4.78, 5) is 89.8. The Morgan fingerprint density at radius 1 is 0.444 bits per heavy atom. The number of hydrogen-bond acceptors (Lipinski definition) is 13. The molecule has 18 nitrogen and oxygen atoms in total. The van der Waals surface area contributed by atoms with Crippen molar-refractivity contribution in [3.8, 4) is 68.1 Å². The summed E-state index contributed by atoms with van der Waals surface area (Å²) in [6.45, 7) is 26.2. The minimum absolute atomic E-state index is 0. The third-order valence-corrected chi connectivity index (χ3v) is 15.3. The van der Waals surface area contributed by atoms with Gasteiger partial charge in [-0.1, -0.05) is 175 Å². The third kappa shape index (κ3) is 16.1. The van der Waals surface area contributed by atoms with E-state index < -0.39 is 0 Å². The van der Waals surface area contributed by atoms with Gasteiger partial charge in [0.2, 0.25) is 0 Å². The molecule has 4 aromatic carbocycles. The number of aromatic nitrogens is 14. The molecule has 0 atom stereocenters. The van der Waals surface area contributed by atoms with Gasteiger partial charge in [0.15, 0.2) is 0 Å². The molecule has 7 aromatic heterocycles. The van der Waals surface area contributed by atoms with Crippen LogP contribution in [0.1, 0.15) is 137 Å². The van der Waals surface area contributed by atoms with Crippen molar-refractivity contribution in [3.63, 3.8) is 0 Å². The average Bonchev–Trinajstić information content (AvgIpc) is 1.62. The van der Waals surface area contributed by atoms with Gasteiger partial charge in [0.25, 0.3) is 0 Å². The first-order valence-corrected chi connectivity index (χ1v) is 32.6. The van der Waals surface area contributed by atoms with E-state index in [2.05, 4.69) is 99.1 Å². The van der Waals surface area contributed by atoms with Crippen molar-refractivity contribution in [2.75, 3.05) is 14.2 Å². The molecule has 0 aliphatic carbocycles. The maximum Gasteiger partial charge on any atom is 2.00 e. The number of ether oxygens (including phenoxy) is 2. The van der Waals surface area contributed by atoms with Crippen molar-refractivity contribution in [3.05, 3.63) is 162 Å². The Morgan fingerprint density at radius 2 is 0.798 bits per heavy atom. The molecule has 0 fully saturated rings. The van der Waals surface area contributed by atoms with Crippen LogP contribution in [0.4, 0.5) is 0 Å². The zero-order valence-electron chi connectivity index (χ0n) is 58.5. The first kappa shape index (κ1) is 71.4.